The van der Waals surface area contributed by atoms with Gasteiger partial charge in [-0.3, -0.25) is 0 Å². The van der Waals surface area contributed by atoms with Crippen molar-refractivity contribution < 1.29 is 4.52 Å². The van der Waals surface area contributed by atoms with Crippen LogP contribution in [-0.2, 0) is 0 Å². The van der Waals surface area contributed by atoms with Gasteiger partial charge in [-0.2, -0.15) is 0 Å². The highest BCUT2D eigenvalue weighted by atomic mass is 33.1. The molecule has 1 unspecified atom stereocenters. The summed E-state index contributed by atoms with van der Waals surface area (Å²) in [6, 6.07) is 1.84. The number of nitrogens with zero attached hydrogens (tertiary/aromatic N) is 1. The molecule has 0 saturated heterocycles. The van der Waals surface area contributed by atoms with E-state index >= 15 is 0 Å². The molecule has 4 heteroatoms. The van der Waals surface area contributed by atoms with Gasteiger partial charge in [0.25, 0.3) is 0 Å². The van der Waals surface area contributed by atoms with Gasteiger partial charge in [-0.1, -0.05) is 16.0 Å². The maximum atomic E-state index is 4.87. The molecule has 9 heavy (non-hydrogen) atoms. The van der Waals surface area contributed by atoms with Gasteiger partial charge in [0.05, 0.1) is 11.4 Å². The topological polar surface area (TPSA) is 26.0 Å². The third kappa shape index (κ3) is 1.66. The second kappa shape index (κ2) is 3.17. The van der Waals surface area contributed by atoms with E-state index in [1.165, 1.54) is 10.8 Å². The van der Waals surface area contributed by atoms with Gasteiger partial charge in [-0.05, 0) is 6.92 Å². The van der Waals surface area contributed by atoms with E-state index in [0.717, 1.165) is 5.76 Å². The number of hydrogen-bond donors (Lipinski definition) is 1. The first-order valence-electron chi connectivity index (χ1n) is 2.55. The fourth-order valence-electron chi connectivity index (χ4n) is 0.487. The van der Waals surface area contributed by atoms with Gasteiger partial charge in [0.2, 0.25) is 0 Å². The average molecular weight is 161 g/mol. The lowest BCUT2D eigenvalue weighted by atomic mass is 10.4. The lowest BCUT2D eigenvalue weighted by molar-refractivity contribution is 0.385. The van der Waals surface area contributed by atoms with Gasteiger partial charge < -0.3 is 4.52 Å². The standard InChI is InChI=1S/C5H7NOS2/c1-4(9-8)5-2-3-6-7-5/h2-4,8H,1H3. The molecule has 0 bridgehead atoms. The predicted octanol–water partition coefficient (Wildman–Crippen LogP) is 2.31. The van der Waals surface area contributed by atoms with Crippen molar-refractivity contribution in [3.63, 3.8) is 0 Å². The fourth-order valence-corrected chi connectivity index (χ4v) is 1.02. The summed E-state index contributed by atoms with van der Waals surface area (Å²) in [6.07, 6.45) is 1.63. The number of hydrogen-bond acceptors (Lipinski definition) is 4. The first-order valence-corrected chi connectivity index (χ1v) is 4.48. The summed E-state index contributed by atoms with van der Waals surface area (Å²) in [7, 11) is 1.44. The van der Waals surface area contributed by atoms with Gasteiger partial charge >= 0.3 is 0 Å². The van der Waals surface area contributed by atoms with Crippen LogP contribution in [0.1, 0.15) is 17.9 Å². The molecule has 0 amide bonds. The molecule has 0 aliphatic rings. The third-order valence-corrected chi connectivity index (χ3v) is 2.51. The number of thiol groups is 1. The van der Waals surface area contributed by atoms with E-state index in [1.54, 1.807) is 6.20 Å². The quantitative estimate of drug-likeness (QED) is 0.532. The molecular formula is C5H7NOS2. The molecule has 1 aromatic heterocycles. The highest BCUT2D eigenvalue weighted by Gasteiger charge is 2.06. The van der Waals surface area contributed by atoms with E-state index in [1.807, 2.05) is 13.0 Å². The summed E-state index contributed by atoms with van der Waals surface area (Å²) >= 11 is 4.03. The second-order valence-corrected chi connectivity index (χ2v) is 3.21. The van der Waals surface area contributed by atoms with Crippen LogP contribution in [0, 0.1) is 0 Å². The zero-order valence-electron chi connectivity index (χ0n) is 4.94. The number of aromatic nitrogens is 1. The van der Waals surface area contributed by atoms with E-state index in [4.69, 9.17) is 4.52 Å². The first-order chi connectivity index (χ1) is 4.34. The zero-order valence-corrected chi connectivity index (χ0v) is 6.65. The fraction of sp³-hybridized carbons (Fsp3) is 0.400. The van der Waals surface area contributed by atoms with Crippen molar-refractivity contribution in [1.82, 2.24) is 5.16 Å². The van der Waals surface area contributed by atoms with Crippen molar-refractivity contribution in [2.24, 2.45) is 0 Å². The van der Waals surface area contributed by atoms with Gasteiger partial charge in [0.1, 0.15) is 5.76 Å². The van der Waals surface area contributed by atoms with Crippen LogP contribution < -0.4 is 0 Å². The minimum Gasteiger partial charge on any atom is -0.360 e. The molecule has 0 spiro atoms. The molecule has 1 aromatic rings. The molecular weight excluding hydrogens is 154 g/mol. The number of rotatable bonds is 2. The zero-order chi connectivity index (χ0) is 6.69. The Morgan fingerprint density at radius 2 is 2.67 bits per heavy atom. The molecule has 1 heterocycles. The molecule has 0 aliphatic heterocycles. The molecule has 0 N–H and O–H groups in total. The summed E-state index contributed by atoms with van der Waals surface area (Å²) < 4.78 is 4.87. The van der Waals surface area contributed by atoms with Crippen molar-refractivity contribution in [2.75, 3.05) is 0 Å². The van der Waals surface area contributed by atoms with Crippen molar-refractivity contribution in [1.29, 1.82) is 0 Å². The third-order valence-electron chi connectivity index (χ3n) is 1.02. The Morgan fingerprint density at radius 1 is 1.89 bits per heavy atom. The summed E-state index contributed by atoms with van der Waals surface area (Å²) in [4.78, 5) is 0. The lowest BCUT2D eigenvalue weighted by Crippen LogP contribution is -1.78. The molecule has 0 saturated carbocycles. The van der Waals surface area contributed by atoms with Crippen molar-refractivity contribution in [3.05, 3.63) is 18.0 Å². The molecule has 0 aromatic carbocycles. The van der Waals surface area contributed by atoms with Crippen LogP contribution >= 0.6 is 22.5 Å². The summed E-state index contributed by atoms with van der Waals surface area (Å²) in [5.41, 5.74) is 0. The summed E-state index contributed by atoms with van der Waals surface area (Å²) in [6.45, 7) is 2.01. The van der Waals surface area contributed by atoms with Crippen molar-refractivity contribution in [2.45, 2.75) is 12.2 Å². The normalized spacial score (nSPS) is 13.6. The lowest BCUT2D eigenvalue weighted by Gasteiger charge is -1.98. The first kappa shape index (κ1) is 7.02. The van der Waals surface area contributed by atoms with Crippen molar-refractivity contribution in [3.8, 4) is 0 Å². The Bertz CT molecular complexity index is 163. The Morgan fingerprint density at radius 3 is 3.11 bits per heavy atom. The van der Waals surface area contributed by atoms with Crippen LogP contribution in [0.25, 0.3) is 0 Å². The summed E-state index contributed by atoms with van der Waals surface area (Å²) in [5.74, 6) is 0.870. The van der Waals surface area contributed by atoms with Crippen LogP contribution in [0.5, 0.6) is 0 Å². The van der Waals surface area contributed by atoms with E-state index < -0.39 is 0 Å². The highest BCUT2D eigenvalue weighted by molar-refractivity contribution is 8.68. The van der Waals surface area contributed by atoms with Gasteiger partial charge in [-0.25, -0.2) is 0 Å². The molecule has 0 radical (unpaired) electrons. The minimum atomic E-state index is 0.288. The summed E-state index contributed by atoms with van der Waals surface area (Å²) in [5, 5.41) is 3.86. The molecule has 0 aliphatic carbocycles. The second-order valence-electron chi connectivity index (χ2n) is 1.66. The molecule has 1 rings (SSSR count). The Hall–Kier alpha value is -0.0900. The molecule has 2 nitrogen and oxygen atoms in total. The van der Waals surface area contributed by atoms with Crippen LogP contribution in [-0.4, -0.2) is 5.16 Å². The van der Waals surface area contributed by atoms with E-state index in [9.17, 15) is 0 Å². The Labute approximate surface area is 62.8 Å². The Kier molecular flexibility index (Phi) is 2.48. The maximum absolute atomic E-state index is 4.87. The van der Waals surface area contributed by atoms with Gasteiger partial charge in [0.15, 0.2) is 0 Å². The monoisotopic (exact) mass is 161 g/mol. The average Bonchev–Trinajstić information content (AvgIpc) is 2.37. The van der Waals surface area contributed by atoms with Gasteiger partial charge in [-0.15, -0.1) is 11.7 Å². The van der Waals surface area contributed by atoms with Crippen LogP contribution in [0.2, 0.25) is 0 Å². The Balaban J connectivity index is 2.65. The smallest absolute Gasteiger partial charge is 0.150 e. The van der Waals surface area contributed by atoms with Crippen molar-refractivity contribution >= 4 is 22.5 Å². The molecule has 1 atom stereocenters. The maximum Gasteiger partial charge on any atom is 0.150 e. The van der Waals surface area contributed by atoms with E-state index in [-0.39, 0.29) is 5.25 Å². The minimum absolute atomic E-state index is 0.288. The van der Waals surface area contributed by atoms with Crippen LogP contribution in [0.15, 0.2) is 16.8 Å². The highest BCUT2D eigenvalue weighted by Crippen LogP contribution is 2.29. The largest absolute Gasteiger partial charge is 0.360 e. The van der Waals surface area contributed by atoms with Crippen LogP contribution in [0.4, 0.5) is 0 Å². The predicted molar refractivity (Wildman–Crippen MR) is 41.5 cm³/mol. The van der Waals surface area contributed by atoms with Crippen LogP contribution in [0.3, 0.4) is 0 Å². The SMILES string of the molecule is CC(SS)c1ccno1. The molecule has 0 fully saturated rings. The van der Waals surface area contributed by atoms with E-state index in [0.29, 0.717) is 0 Å². The van der Waals surface area contributed by atoms with Gasteiger partial charge in [0, 0.05) is 6.07 Å². The molecule has 50 valence electrons. The van der Waals surface area contributed by atoms with E-state index in [2.05, 4.69) is 16.8 Å².